The molecule has 0 aromatic carbocycles. The Morgan fingerprint density at radius 2 is 1.97 bits per heavy atom. The van der Waals surface area contributed by atoms with Gasteiger partial charge in [0.2, 0.25) is 0 Å². The van der Waals surface area contributed by atoms with Crippen molar-refractivity contribution in [3.63, 3.8) is 0 Å². The standard InChI is InChI=1S/C24H31FO7/c1-12-8-16-15-5-4-13-9-14(26)6-7-21(13,2)23(15,25)18(28)11-22(16,3)24(12,32)20(31)17(27)10-19(29)30/h6-7,9,12,15-18,27-28,32H,4-5,8,10-11H2,1-3H3,(H,29,30)/p-1. The van der Waals surface area contributed by atoms with Gasteiger partial charge in [-0.15, -0.1) is 0 Å². The Morgan fingerprint density at radius 3 is 2.59 bits per heavy atom. The summed E-state index contributed by atoms with van der Waals surface area (Å²) in [6, 6.07) is 0. The van der Waals surface area contributed by atoms with Gasteiger partial charge in [-0.25, -0.2) is 4.39 Å². The molecule has 4 rings (SSSR count). The zero-order valence-electron chi connectivity index (χ0n) is 18.5. The fourth-order valence-corrected chi connectivity index (χ4v) is 7.58. The van der Waals surface area contributed by atoms with E-state index in [1.807, 2.05) is 0 Å². The number of alkyl halides is 1. The number of ketones is 2. The van der Waals surface area contributed by atoms with E-state index in [-0.39, 0.29) is 18.6 Å². The highest BCUT2D eigenvalue weighted by atomic mass is 19.1. The molecule has 0 aromatic rings. The molecule has 9 atom stereocenters. The summed E-state index contributed by atoms with van der Waals surface area (Å²) in [4.78, 5) is 35.9. The summed E-state index contributed by atoms with van der Waals surface area (Å²) in [5.74, 6) is -4.72. The van der Waals surface area contributed by atoms with Gasteiger partial charge in [0.25, 0.3) is 0 Å². The molecule has 0 radical (unpaired) electrons. The van der Waals surface area contributed by atoms with Crippen molar-refractivity contribution < 1.29 is 39.2 Å². The quantitative estimate of drug-likeness (QED) is 0.566. The molecule has 8 heteroatoms. The Morgan fingerprint density at radius 1 is 1.31 bits per heavy atom. The van der Waals surface area contributed by atoms with E-state index in [0.29, 0.717) is 18.4 Å². The number of allylic oxidation sites excluding steroid dienone is 4. The highest BCUT2D eigenvalue weighted by Crippen LogP contribution is 2.70. The van der Waals surface area contributed by atoms with Crippen LogP contribution in [0.15, 0.2) is 23.8 Å². The number of hydrogen-bond acceptors (Lipinski definition) is 7. The highest BCUT2D eigenvalue weighted by Gasteiger charge is 2.75. The lowest BCUT2D eigenvalue weighted by Gasteiger charge is -2.62. The van der Waals surface area contributed by atoms with Crippen molar-refractivity contribution in [2.24, 2.45) is 28.6 Å². The second-order valence-corrected chi connectivity index (χ2v) is 10.6. The molecule has 4 aliphatic carbocycles. The van der Waals surface area contributed by atoms with Crippen molar-refractivity contribution in [1.82, 2.24) is 0 Å². The minimum absolute atomic E-state index is 0.217. The molecule has 0 aromatic heterocycles. The predicted octanol–water partition coefficient (Wildman–Crippen LogP) is 0.404. The zero-order chi connectivity index (χ0) is 23.9. The third kappa shape index (κ3) is 2.66. The van der Waals surface area contributed by atoms with E-state index in [9.17, 15) is 34.8 Å². The van der Waals surface area contributed by atoms with E-state index in [1.165, 1.54) is 18.2 Å². The van der Waals surface area contributed by atoms with E-state index < -0.39 is 70.2 Å². The number of carboxylic acids is 1. The fraction of sp³-hybridized carbons (Fsp3) is 0.708. The van der Waals surface area contributed by atoms with Gasteiger partial charge < -0.3 is 25.2 Å². The van der Waals surface area contributed by atoms with E-state index in [1.54, 1.807) is 20.8 Å². The number of aliphatic carboxylic acids is 1. The Labute approximate surface area is 186 Å². The Hall–Kier alpha value is -1.90. The maximum absolute atomic E-state index is 17.0. The summed E-state index contributed by atoms with van der Waals surface area (Å²) >= 11 is 0. The predicted molar refractivity (Wildman–Crippen MR) is 108 cm³/mol. The van der Waals surface area contributed by atoms with Gasteiger partial charge in [0.15, 0.2) is 17.2 Å². The number of hydrogen-bond donors (Lipinski definition) is 3. The van der Waals surface area contributed by atoms with E-state index in [2.05, 4.69) is 0 Å². The maximum Gasteiger partial charge on any atom is 0.193 e. The van der Waals surface area contributed by atoms with Crippen LogP contribution in [0.4, 0.5) is 4.39 Å². The lowest BCUT2D eigenvalue weighted by atomic mass is 9.44. The summed E-state index contributed by atoms with van der Waals surface area (Å²) in [7, 11) is 0. The Kier molecular flexibility index (Phi) is 5.12. The fourth-order valence-electron chi connectivity index (χ4n) is 7.58. The van der Waals surface area contributed by atoms with E-state index in [0.717, 1.165) is 0 Å². The summed E-state index contributed by atoms with van der Waals surface area (Å²) < 4.78 is 17.0. The van der Waals surface area contributed by atoms with Gasteiger partial charge >= 0.3 is 0 Å². The molecule has 9 unspecified atom stereocenters. The molecule has 0 spiro atoms. The lowest BCUT2D eigenvalue weighted by Crippen LogP contribution is -2.69. The molecule has 3 fully saturated rings. The first-order valence-electron chi connectivity index (χ1n) is 11.2. The Balaban J connectivity index is 1.77. The molecule has 7 nitrogen and oxygen atoms in total. The molecule has 32 heavy (non-hydrogen) atoms. The highest BCUT2D eigenvalue weighted by molar-refractivity contribution is 6.01. The van der Waals surface area contributed by atoms with Crippen LogP contribution in [0, 0.1) is 28.6 Å². The van der Waals surface area contributed by atoms with Gasteiger partial charge in [-0.2, -0.15) is 0 Å². The smallest absolute Gasteiger partial charge is 0.193 e. The van der Waals surface area contributed by atoms with Crippen LogP contribution in [0.3, 0.4) is 0 Å². The average Bonchev–Trinajstić information content (AvgIpc) is 2.90. The molecule has 3 saturated carbocycles. The molecule has 4 aliphatic rings. The normalized spacial score (nSPS) is 48.3. The third-order valence-corrected chi connectivity index (χ3v) is 9.26. The molecular weight excluding hydrogens is 419 g/mol. The molecule has 0 saturated heterocycles. The van der Waals surface area contributed by atoms with Crippen LogP contribution in [-0.4, -0.2) is 56.3 Å². The summed E-state index contributed by atoms with van der Waals surface area (Å²) in [6.45, 7) is 4.94. The van der Waals surface area contributed by atoms with Crippen molar-refractivity contribution in [1.29, 1.82) is 0 Å². The molecule has 176 valence electrons. The molecular formula is C24H30FO7-. The van der Waals surface area contributed by atoms with Crippen LogP contribution in [0.2, 0.25) is 0 Å². The number of Topliss-reactive ketones (excluding diaryl/α,β-unsaturated/α-hetero) is 1. The lowest BCUT2D eigenvalue weighted by molar-refractivity contribution is -0.307. The van der Waals surface area contributed by atoms with Crippen LogP contribution in [0.1, 0.15) is 52.9 Å². The maximum atomic E-state index is 17.0. The second-order valence-electron chi connectivity index (χ2n) is 10.6. The van der Waals surface area contributed by atoms with E-state index in [4.69, 9.17) is 0 Å². The van der Waals surface area contributed by atoms with Gasteiger partial charge in [-0.1, -0.05) is 25.5 Å². The average molecular weight is 449 g/mol. The number of carbonyl (C=O) groups excluding carboxylic acids is 3. The molecule has 0 heterocycles. The first-order chi connectivity index (χ1) is 14.7. The van der Waals surface area contributed by atoms with Crippen LogP contribution >= 0.6 is 0 Å². The van der Waals surface area contributed by atoms with Gasteiger partial charge in [0, 0.05) is 29.1 Å². The number of aliphatic hydroxyl groups excluding tert-OH is 2. The number of fused-ring (bicyclic) bond motifs is 5. The second kappa shape index (κ2) is 7.05. The number of halogens is 1. The largest absolute Gasteiger partial charge is 0.550 e. The molecule has 0 bridgehead atoms. The van der Waals surface area contributed by atoms with Crippen molar-refractivity contribution in [2.75, 3.05) is 0 Å². The summed E-state index contributed by atoms with van der Waals surface area (Å²) in [5.41, 5.74) is -6.04. The van der Waals surface area contributed by atoms with Gasteiger partial charge in [-0.3, -0.25) is 9.59 Å². The number of rotatable bonds is 4. The number of carbonyl (C=O) groups is 3. The minimum Gasteiger partial charge on any atom is -0.550 e. The van der Waals surface area contributed by atoms with Gasteiger partial charge in [0.1, 0.15) is 11.7 Å². The zero-order valence-corrected chi connectivity index (χ0v) is 18.5. The van der Waals surface area contributed by atoms with Crippen molar-refractivity contribution in [2.45, 2.75) is 76.4 Å². The molecule has 0 aliphatic heterocycles. The first-order valence-corrected chi connectivity index (χ1v) is 11.2. The SMILES string of the molecule is CC1CC2C3CCC4=CC(=O)C=CC4(C)C3(F)C(O)CC2(C)C1(O)C(=O)C(O)CC(=O)[O-]. The number of aliphatic hydroxyl groups is 3. The van der Waals surface area contributed by atoms with Gasteiger partial charge in [-0.05, 0) is 56.6 Å². The third-order valence-electron chi connectivity index (χ3n) is 9.26. The van der Waals surface area contributed by atoms with E-state index >= 15 is 4.39 Å². The Bertz CT molecular complexity index is 943. The van der Waals surface area contributed by atoms with Crippen LogP contribution < -0.4 is 5.11 Å². The monoisotopic (exact) mass is 449 g/mol. The van der Waals surface area contributed by atoms with Crippen molar-refractivity contribution >= 4 is 17.5 Å². The summed E-state index contributed by atoms with van der Waals surface area (Å²) in [5, 5.41) is 44.0. The number of carboxylic acid groups (broad SMARTS) is 1. The van der Waals surface area contributed by atoms with Crippen LogP contribution in [-0.2, 0) is 14.4 Å². The van der Waals surface area contributed by atoms with Crippen molar-refractivity contribution in [3.8, 4) is 0 Å². The van der Waals surface area contributed by atoms with Crippen molar-refractivity contribution in [3.05, 3.63) is 23.8 Å². The van der Waals surface area contributed by atoms with Gasteiger partial charge in [0.05, 0.1) is 6.10 Å². The first kappa shape index (κ1) is 23.3. The van der Waals surface area contributed by atoms with Crippen LogP contribution in [0.5, 0.6) is 0 Å². The molecule has 3 N–H and O–H groups in total. The van der Waals surface area contributed by atoms with Crippen LogP contribution in [0.25, 0.3) is 0 Å². The summed E-state index contributed by atoms with van der Waals surface area (Å²) in [6.07, 6.45) is 0.696. The molecule has 0 amide bonds. The minimum atomic E-state index is -2.12. The topological polar surface area (TPSA) is 135 Å².